The maximum absolute atomic E-state index is 13.6. The molecule has 1 N–H and O–H groups in total. The minimum absolute atomic E-state index is 0.0000224. The van der Waals surface area contributed by atoms with Gasteiger partial charge in [-0.1, -0.05) is 0 Å². The van der Waals surface area contributed by atoms with Crippen molar-refractivity contribution in [3.05, 3.63) is 36.0 Å². The van der Waals surface area contributed by atoms with Crippen LogP contribution in [-0.2, 0) is 4.79 Å². The van der Waals surface area contributed by atoms with Gasteiger partial charge in [-0.25, -0.2) is 9.67 Å². The number of hydrogen-bond acceptors (Lipinski definition) is 6. The van der Waals surface area contributed by atoms with E-state index in [4.69, 9.17) is 14.5 Å². The van der Waals surface area contributed by atoms with Crippen LogP contribution in [0.2, 0.25) is 0 Å². The third-order valence-electron chi connectivity index (χ3n) is 5.58. The molecule has 1 aromatic carbocycles. The van der Waals surface area contributed by atoms with Crippen LogP contribution in [0.3, 0.4) is 0 Å². The molecular formula is C25H31N5O4. The number of amides is 2. The van der Waals surface area contributed by atoms with E-state index in [1.807, 2.05) is 52.8 Å². The number of ether oxygens (including phenoxy) is 2. The van der Waals surface area contributed by atoms with E-state index in [0.717, 1.165) is 5.56 Å². The molecule has 3 aromatic rings. The summed E-state index contributed by atoms with van der Waals surface area (Å²) in [7, 11) is 0. The van der Waals surface area contributed by atoms with Gasteiger partial charge in [-0.2, -0.15) is 5.10 Å². The first-order valence-electron chi connectivity index (χ1n) is 11.6. The highest BCUT2D eigenvalue weighted by atomic mass is 16.6. The maximum Gasteiger partial charge on any atom is 0.255 e. The van der Waals surface area contributed by atoms with Crippen molar-refractivity contribution < 1.29 is 19.1 Å². The Balaban J connectivity index is 1.79. The lowest BCUT2D eigenvalue weighted by molar-refractivity contribution is -0.122. The van der Waals surface area contributed by atoms with Crippen LogP contribution in [0.4, 0.5) is 0 Å². The van der Waals surface area contributed by atoms with Crippen molar-refractivity contribution in [1.82, 2.24) is 25.0 Å². The highest BCUT2D eigenvalue weighted by Gasteiger charge is 2.24. The molecule has 0 fully saturated rings. The summed E-state index contributed by atoms with van der Waals surface area (Å²) in [5, 5.41) is 7.99. The molecule has 9 heteroatoms. The Morgan fingerprint density at radius 2 is 1.85 bits per heavy atom. The Labute approximate surface area is 199 Å². The number of nitrogens with zero attached hydrogens (tertiary/aromatic N) is 4. The summed E-state index contributed by atoms with van der Waals surface area (Å²) in [6.45, 7) is 11.0. The second-order valence-corrected chi connectivity index (χ2v) is 8.88. The lowest BCUT2D eigenvalue weighted by Crippen LogP contribution is -2.42. The van der Waals surface area contributed by atoms with E-state index < -0.39 is 0 Å². The zero-order valence-corrected chi connectivity index (χ0v) is 20.3. The summed E-state index contributed by atoms with van der Waals surface area (Å²) in [5.41, 5.74) is 2.50. The molecule has 34 heavy (non-hydrogen) atoms. The van der Waals surface area contributed by atoms with Crippen molar-refractivity contribution in [3.63, 3.8) is 0 Å². The number of aromatic nitrogens is 3. The molecule has 0 spiro atoms. The first kappa shape index (κ1) is 23.5. The average molecular weight is 466 g/mol. The lowest BCUT2D eigenvalue weighted by atomic mass is 10.0. The molecule has 2 amide bonds. The topological polar surface area (TPSA) is 98.6 Å². The van der Waals surface area contributed by atoms with Crippen LogP contribution in [0.15, 0.2) is 30.5 Å². The summed E-state index contributed by atoms with van der Waals surface area (Å²) in [5.74, 6) is 0.903. The normalized spacial score (nSPS) is 12.9. The van der Waals surface area contributed by atoms with Gasteiger partial charge in [-0.15, -0.1) is 0 Å². The summed E-state index contributed by atoms with van der Waals surface area (Å²) in [6, 6.07) is 7.46. The SMILES string of the molecule is CCN(CC(=O)NC(C)C)C(=O)c1cc(-c2ccc3c(c2)OCCO3)nc2c1cnn2C(C)C. The van der Waals surface area contributed by atoms with Crippen molar-refractivity contribution in [2.75, 3.05) is 26.3 Å². The number of nitrogens with one attached hydrogen (secondary N) is 1. The van der Waals surface area contributed by atoms with Gasteiger partial charge in [0.05, 0.1) is 29.4 Å². The lowest BCUT2D eigenvalue weighted by Gasteiger charge is -2.22. The molecule has 0 saturated carbocycles. The first-order chi connectivity index (χ1) is 16.3. The third kappa shape index (κ3) is 4.69. The monoisotopic (exact) mass is 465 g/mol. The van der Waals surface area contributed by atoms with E-state index in [1.54, 1.807) is 16.9 Å². The van der Waals surface area contributed by atoms with Crippen molar-refractivity contribution in [1.29, 1.82) is 0 Å². The number of likely N-dealkylation sites (N-methyl/N-ethyl adjacent to an activating group) is 1. The summed E-state index contributed by atoms with van der Waals surface area (Å²) in [6.07, 6.45) is 1.67. The smallest absolute Gasteiger partial charge is 0.255 e. The largest absolute Gasteiger partial charge is 0.486 e. The molecule has 0 bridgehead atoms. The van der Waals surface area contributed by atoms with Crippen LogP contribution in [0, 0.1) is 0 Å². The highest BCUT2D eigenvalue weighted by molar-refractivity contribution is 6.07. The van der Waals surface area contributed by atoms with Crippen LogP contribution in [0.5, 0.6) is 11.5 Å². The van der Waals surface area contributed by atoms with Crippen LogP contribution < -0.4 is 14.8 Å². The van der Waals surface area contributed by atoms with E-state index >= 15 is 0 Å². The van der Waals surface area contributed by atoms with Gasteiger partial charge in [0.15, 0.2) is 17.1 Å². The molecule has 0 aliphatic carbocycles. The Hall–Kier alpha value is -3.62. The first-order valence-corrected chi connectivity index (χ1v) is 11.6. The van der Waals surface area contributed by atoms with Crippen LogP contribution in [0.1, 0.15) is 51.0 Å². The zero-order chi connectivity index (χ0) is 24.4. The molecule has 0 saturated heterocycles. The number of carbonyl (C=O) groups is 2. The molecule has 4 rings (SSSR count). The van der Waals surface area contributed by atoms with Gasteiger partial charge in [-0.3, -0.25) is 9.59 Å². The molecule has 3 heterocycles. The van der Waals surface area contributed by atoms with Crippen LogP contribution in [0.25, 0.3) is 22.3 Å². The summed E-state index contributed by atoms with van der Waals surface area (Å²) < 4.78 is 13.2. The molecule has 0 unspecified atom stereocenters. The van der Waals surface area contributed by atoms with Crippen molar-refractivity contribution >= 4 is 22.8 Å². The zero-order valence-electron chi connectivity index (χ0n) is 20.3. The van der Waals surface area contributed by atoms with Crippen LogP contribution in [-0.4, -0.2) is 63.8 Å². The van der Waals surface area contributed by atoms with Gasteiger partial charge in [0.1, 0.15) is 13.2 Å². The Morgan fingerprint density at radius 1 is 1.12 bits per heavy atom. The Morgan fingerprint density at radius 3 is 2.53 bits per heavy atom. The quantitative estimate of drug-likeness (QED) is 0.574. The maximum atomic E-state index is 13.6. The fourth-order valence-electron chi connectivity index (χ4n) is 3.96. The minimum atomic E-state index is -0.240. The van der Waals surface area contributed by atoms with E-state index in [0.29, 0.717) is 53.5 Å². The number of fused-ring (bicyclic) bond motifs is 2. The highest BCUT2D eigenvalue weighted by Crippen LogP contribution is 2.35. The van der Waals surface area contributed by atoms with Crippen molar-refractivity contribution in [2.24, 2.45) is 0 Å². The van der Waals surface area contributed by atoms with E-state index in [1.165, 1.54) is 4.90 Å². The molecule has 1 aliphatic rings. The number of hydrogen-bond donors (Lipinski definition) is 1. The molecule has 0 atom stereocenters. The van der Waals surface area contributed by atoms with E-state index in [-0.39, 0.29) is 30.4 Å². The van der Waals surface area contributed by atoms with Gasteiger partial charge in [-0.05, 0) is 58.9 Å². The number of benzene rings is 1. The third-order valence-corrected chi connectivity index (χ3v) is 5.58. The van der Waals surface area contributed by atoms with E-state index in [2.05, 4.69) is 10.4 Å². The molecule has 0 radical (unpaired) electrons. The summed E-state index contributed by atoms with van der Waals surface area (Å²) >= 11 is 0. The minimum Gasteiger partial charge on any atom is -0.486 e. The summed E-state index contributed by atoms with van der Waals surface area (Å²) in [4.78, 5) is 32.4. The van der Waals surface area contributed by atoms with Gasteiger partial charge in [0, 0.05) is 24.2 Å². The standard InChI is InChI=1S/C25H31N5O4/c1-6-29(14-23(31)27-15(2)3)25(32)18-12-20(28-24-19(18)13-26-30(24)16(4)5)17-7-8-21-22(11-17)34-10-9-33-21/h7-8,11-13,15-16H,6,9-10,14H2,1-5H3,(H,27,31). The van der Waals surface area contributed by atoms with Gasteiger partial charge >= 0.3 is 0 Å². The Bertz CT molecular complexity index is 1220. The molecule has 2 aromatic heterocycles. The molecule has 1 aliphatic heterocycles. The second-order valence-electron chi connectivity index (χ2n) is 8.88. The molecule has 180 valence electrons. The number of carbonyl (C=O) groups excluding carboxylic acids is 2. The van der Waals surface area contributed by atoms with Crippen molar-refractivity contribution in [3.8, 4) is 22.8 Å². The number of rotatable bonds is 7. The van der Waals surface area contributed by atoms with Gasteiger partial charge in [0.2, 0.25) is 5.91 Å². The fraction of sp³-hybridized carbons (Fsp3) is 0.440. The average Bonchev–Trinajstić information content (AvgIpc) is 3.25. The molecule has 9 nitrogen and oxygen atoms in total. The second kappa shape index (κ2) is 9.70. The Kier molecular flexibility index (Phi) is 6.72. The number of pyridine rings is 1. The van der Waals surface area contributed by atoms with Crippen LogP contribution >= 0.6 is 0 Å². The van der Waals surface area contributed by atoms with Gasteiger partial charge < -0.3 is 19.7 Å². The van der Waals surface area contributed by atoms with E-state index in [9.17, 15) is 9.59 Å². The van der Waals surface area contributed by atoms with Crippen molar-refractivity contribution in [2.45, 2.75) is 46.7 Å². The predicted molar refractivity (Wildman–Crippen MR) is 129 cm³/mol. The van der Waals surface area contributed by atoms with Gasteiger partial charge in [0.25, 0.3) is 5.91 Å². The fourth-order valence-corrected chi connectivity index (χ4v) is 3.96. The molecular weight excluding hydrogens is 434 g/mol. The predicted octanol–water partition coefficient (Wildman–Crippen LogP) is 3.44.